The molecule has 2 aromatic carbocycles. The minimum atomic E-state index is 0.775. The van der Waals surface area contributed by atoms with Crippen molar-refractivity contribution in [2.45, 2.75) is 6.92 Å². The second kappa shape index (κ2) is 3.72. The van der Waals surface area contributed by atoms with Gasteiger partial charge in [-0.05, 0) is 30.7 Å². The quantitative estimate of drug-likeness (QED) is 0.546. The summed E-state index contributed by atoms with van der Waals surface area (Å²) in [6.45, 7) is 2.06. The third-order valence-corrected chi connectivity index (χ3v) is 3.37. The molecule has 19 heavy (non-hydrogen) atoms. The molecule has 2 heterocycles. The lowest BCUT2D eigenvalue weighted by Gasteiger charge is -1.90. The van der Waals surface area contributed by atoms with Gasteiger partial charge in [0.2, 0.25) is 0 Å². The van der Waals surface area contributed by atoms with Crippen LogP contribution < -0.4 is 0 Å². The third kappa shape index (κ3) is 1.55. The van der Waals surface area contributed by atoms with E-state index in [1.807, 2.05) is 42.5 Å². The Morgan fingerprint density at radius 3 is 2.79 bits per heavy atom. The Morgan fingerprint density at radius 1 is 1.05 bits per heavy atom. The van der Waals surface area contributed by atoms with Crippen LogP contribution in [0.1, 0.15) is 5.56 Å². The van der Waals surface area contributed by atoms with Crippen molar-refractivity contribution < 1.29 is 4.42 Å². The van der Waals surface area contributed by atoms with Gasteiger partial charge in [0, 0.05) is 5.39 Å². The number of para-hydroxylation sites is 2. The molecule has 0 bridgehead atoms. The van der Waals surface area contributed by atoms with Crippen LogP contribution in [0, 0.1) is 6.92 Å². The zero-order valence-electron chi connectivity index (χ0n) is 10.5. The first kappa shape index (κ1) is 10.4. The predicted octanol–water partition coefficient (Wildman–Crippen LogP) is 4.28. The van der Waals surface area contributed by atoms with Crippen LogP contribution in [0.25, 0.3) is 33.6 Å². The van der Waals surface area contributed by atoms with Crippen molar-refractivity contribution in [1.29, 1.82) is 0 Å². The fourth-order valence-electron chi connectivity index (χ4n) is 2.39. The summed E-state index contributed by atoms with van der Waals surface area (Å²) in [5.74, 6) is 1.55. The molecule has 1 N–H and O–H groups in total. The molecule has 2 aromatic heterocycles. The van der Waals surface area contributed by atoms with E-state index in [0.717, 1.165) is 39.2 Å². The highest BCUT2D eigenvalue weighted by Crippen LogP contribution is 2.28. The molecule has 0 spiro atoms. The average Bonchev–Trinajstić information content (AvgIpc) is 3.02. The number of rotatable bonds is 1. The van der Waals surface area contributed by atoms with E-state index < -0.39 is 0 Å². The Balaban J connectivity index is 1.96. The van der Waals surface area contributed by atoms with Gasteiger partial charge in [-0.3, -0.25) is 0 Å². The van der Waals surface area contributed by atoms with Crippen LogP contribution in [-0.2, 0) is 0 Å². The van der Waals surface area contributed by atoms with Crippen LogP contribution in [-0.4, -0.2) is 9.97 Å². The van der Waals surface area contributed by atoms with E-state index in [2.05, 4.69) is 23.0 Å². The molecule has 92 valence electrons. The Morgan fingerprint density at radius 2 is 1.95 bits per heavy atom. The zero-order valence-corrected chi connectivity index (χ0v) is 10.5. The van der Waals surface area contributed by atoms with Gasteiger partial charge in [0.05, 0.1) is 11.0 Å². The number of hydrogen-bond acceptors (Lipinski definition) is 2. The van der Waals surface area contributed by atoms with Gasteiger partial charge in [-0.15, -0.1) is 0 Å². The van der Waals surface area contributed by atoms with Gasteiger partial charge in [-0.1, -0.05) is 30.3 Å². The lowest BCUT2D eigenvalue weighted by molar-refractivity contribution is 0.627. The summed E-state index contributed by atoms with van der Waals surface area (Å²) in [4.78, 5) is 7.94. The normalized spacial score (nSPS) is 11.4. The van der Waals surface area contributed by atoms with Crippen molar-refractivity contribution in [2.24, 2.45) is 0 Å². The topological polar surface area (TPSA) is 41.8 Å². The van der Waals surface area contributed by atoms with Crippen molar-refractivity contribution in [3.63, 3.8) is 0 Å². The Kier molecular flexibility index (Phi) is 2.03. The molecule has 4 aromatic rings. The van der Waals surface area contributed by atoms with Crippen LogP contribution in [0.3, 0.4) is 0 Å². The summed E-state index contributed by atoms with van der Waals surface area (Å²) in [6, 6.07) is 16.1. The van der Waals surface area contributed by atoms with E-state index in [1.54, 1.807) is 0 Å². The maximum absolute atomic E-state index is 5.83. The number of nitrogens with one attached hydrogen (secondary N) is 1. The summed E-state index contributed by atoms with van der Waals surface area (Å²) >= 11 is 0. The first-order valence-corrected chi connectivity index (χ1v) is 6.25. The number of fused-ring (bicyclic) bond motifs is 2. The van der Waals surface area contributed by atoms with Crippen molar-refractivity contribution in [3.8, 4) is 11.6 Å². The van der Waals surface area contributed by atoms with Gasteiger partial charge in [-0.2, -0.15) is 0 Å². The highest BCUT2D eigenvalue weighted by molar-refractivity contribution is 5.85. The van der Waals surface area contributed by atoms with Crippen LogP contribution in [0.2, 0.25) is 0 Å². The van der Waals surface area contributed by atoms with E-state index >= 15 is 0 Å². The highest BCUT2D eigenvalue weighted by atomic mass is 16.3. The maximum atomic E-state index is 5.83. The summed E-state index contributed by atoms with van der Waals surface area (Å²) in [7, 11) is 0. The monoisotopic (exact) mass is 248 g/mol. The van der Waals surface area contributed by atoms with E-state index in [4.69, 9.17) is 4.42 Å². The number of aromatic nitrogens is 2. The molecule has 0 aliphatic rings. The second-order valence-electron chi connectivity index (χ2n) is 4.70. The van der Waals surface area contributed by atoms with E-state index in [1.165, 1.54) is 0 Å². The average molecular weight is 248 g/mol. The van der Waals surface area contributed by atoms with Gasteiger partial charge >= 0.3 is 0 Å². The summed E-state index contributed by atoms with van der Waals surface area (Å²) in [5.41, 5.74) is 4.08. The highest BCUT2D eigenvalue weighted by Gasteiger charge is 2.11. The standard InChI is InChI=1S/C16H12N2O/c1-10-5-4-7-12-15(10)18-16(17-12)14-9-11-6-2-3-8-13(11)19-14/h2-9H,1H3,(H,17,18). The Bertz CT molecular complexity index is 853. The molecule has 3 heteroatoms. The van der Waals surface area contributed by atoms with Gasteiger partial charge in [-0.25, -0.2) is 4.98 Å². The number of aromatic amines is 1. The van der Waals surface area contributed by atoms with Gasteiger partial charge in [0.1, 0.15) is 5.58 Å². The molecule has 0 aliphatic heterocycles. The second-order valence-corrected chi connectivity index (χ2v) is 4.70. The largest absolute Gasteiger partial charge is 0.453 e. The van der Waals surface area contributed by atoms with Crippen molar-refractivity contribution >= 4 is 22.0 Å². The van der Waals surface area contributed by atoms with Gasteiger partial charge < -0.3 is 9.40 Å². The summed E-state index contributed by atoms with van der Waals surface area (Å²) in [5, 5.41) is 1.09. The molecule has 0 atom stereocenters. The molecule has 4 rings (SSSR count). The fourth-order valence-corrected chi connectivity index (χ4v) is 2.39. The minimum absolute atomic E-state index is 0.775. The molecule has 3 nitrogen and oxygen atoms in total. The number of nitrogens with zero attached hydrogens (tertiary/aromatic N) is 1. The van der Waals surface area contributed by atoms with E-state index in [9.17, 15) is 0 Å². The molecular formula is C16H12N2O. The summed E-state index contributed by atoms with van der Waals surface area (Å²) < 4.78 is 5.83. The minimum Gasteiger partial charge on any atom is -0.453 e. The molecule has 0 fully saturated rings. The molecule has 0 unspecified atom stereocenters. The summed E-state index contributed by atoms with van der Waals surface area (Å²) in [6.07, 6.45) is 0. The Labute approximate surface area is 109 Å². The van der Waals surface area contributed by atoms with Crippen LogP contribution in [0.5, 0.6) is 0 Å². The first-order valence-electron chi connectivity index (χ1n) is 6.25. The van der Waals surface area contributed by atoms with Crippen LogP contribution in [0.15, 0.2) is 52.9 Å². The first-order chi connectivity index (χ1) is 9.31. The molecular weight excluding hydrogens is 236 g/mol. The molecule has 0 radical (unpaired) electrons. The third-order valence-electron chi connectivity index (χ3n) is 3.37. The van der Waals surface area contributed by atoms with E-state index in [0.29, 0.717) is 0 Å². The lowest BCUT2D eigenvalue weighted by Crippen LogP contribution is -1.75. The Hall–Kier alpha value is -2.55. The maximum Gasteiger partial charge on any atom is 0.174 e. The van der Waals surface area contributed by atoms with Crippen molar-refractivity contribution in [1.82, 2.24) is 9.97 Å². The zero-order chi connectivity index (χ0) is 12.8. The fraction of sp³-hybridized carbons (Fsp3) is 0.0625. The van der Waals surface area contributed by atoms with Gasteiger partial charge in [0.15, 0.2) is 11.6 Å². The predicted molar refractivity (Wildman–Crippen MR) is 76.0 cm³/mol. The molecule has 0 saturated heterocycles. The number of benzene rings is 2. The number of H-pyrrole nitrogens is 1. The van der Waals surface area contributed by atoms with Crippen LogP contribution in [0.4, 0.5) is 0 Å². The number of hydrogen-bond donors (Lipinski definition) is 1. The van der Waals surface area contributed by atoms with Crippen molar-refractivity contribution in [2.75, 3.05) is 0 Å². The van der Waals surface area contributed by atoms with E-state index in [-0.39, 0.29) is 0 Å². The van der Waals surface area contributed by atoms with Gasteiger partial charge in [0.25, 0.3) is 0 Å². The van der Waals surface area contributed by atoms with Crippen molar-refractivity contribution in [3.05, 3.63) is 54.1 Å². The number of furan rings is 1. The number of aryl methyl sites for hydroxylation is 1. The molecule has 0 amide bonds. The molecule has 0 saturated carbocycles. The SMILES string of the molecule is Cc1cccc2[nH]c(-c3cc4ccccc4o3)nc12. The smallest absolute Gasteiger partial charge is 0.174 e. The lowest BCUT2D eigenvalue weighted by atomic mass is 10.2. The van der Waals surface area contributed by atoms with Crippen LogP contribution >= 0.6 is 0 Å². The molecule has 0 aliphatic carbocycles. The number of imidazole rings is 1.